The topological polar surface area (TPSA) is 83.0 Å². The van der Waals surface area contributed by atoms with Gasteiger partial charge in [-0.3, -0.25) is 9.78 Å². The van der Waals surface area contributed by atoms with E-state index >= 15 is 0 Å². The number of benzene rings is 1. The first-order valence-corrected chi connectivity index (χ1v) is 9.11. The highest BCUT2D eigenvalue weighted by Gasteiger charge is 2.16. The number of hydrogen-bond acceptors (Lipinski definition) is 5. The molecule has 0 bridgehead atoms. The molecule has 3 rings (SSSR count). The fourth-order valence-electron chi connectivity index (χ4n) is 3.08. The lowest BCUT2D eigenvalue weighted by Gasteiger charge is -2.16. The van der Waals surface area contributed by atoms with Gasteiger partial charge in [0, 0.05) is 24.2 Å². The molecule has 142 valence electrons. The van der Waals surface area contributed by atoms with Gasteiger partial charge >= 0.3 is 0 Å². The third kappa shape index (κ3) is 3.94. The molecule has 0 saturated heterocycles. The molecule has 0 N–H and O–H groups in total. The molecule has 0 atom stereocenters. The van der Waals surface area contributed by atoms with Crippen LogP contribution in [0.5, 0.6) is 0 Å². The van der Waals surface area contributed by atoms with Crippen LogP contribution >= 0.6 is 0 Å². The Morgan fingerprint density at radius 2 is 2.04 bits per heavy atom. The highest BCUT2D eigenvalue weighted by Crippen LogP contribution is 2.23. The maximum atomic E-state index is 12.8. The minimum Gasteiger partial charge on any atom is -0.359 e. The van der Waals surface area contributed by atoms with E-state index < -0.39 is 0 Å². The van der Waals surface area contributed by atoms with Crippen molar-refractivity contribution in [2.75, 3.05) is 7.05 Å². The van der Waals surface area contributed by atoms with Crippen molar-refractivity contribution in [1.82, 2.24) is 15.0 Å². The first-order chi connectivity index (χ1) is 13.4. The van der Waals surface area contributed by atoms with Crippen molar-refractivity contribution in [2.45, 2.75) is 33.7 Å². The summed E-state index contributed by atoms with van der Waals surface area (Å²) in [5.74, 6) is 0.544. The molecule has 0 saturated carbocycles. The zero-order valence-corrected chi connectivity index (χ0v) is 16.5. The average Bonchev–Trinajstić information content (AvgIpc) is 3.14. The highest BCUT2D eigenvalue weighted by molar-refractivity contribution is 5.95. The minimum absolute atomic E-state index is 0.113. The van der Waals surface area contributed by atoms with E-state index in [0.29, 0.717) is 29.1 Å². The maximum absolute atomic E-state index is 12.8. The fourth-order valence-corrected chi connectivity index (χ4v) is 3.08. The number of hydrogen-bond donors (Lipinski definition) is 0. The lowest BCUT2D eigenvalue weighted by atomic mass is 10.0. The number of aryl methyl sites for hydroxylation is 3. The van der Waals surface area contributed by atoms with E-state index in [0.717, 1.165) is 28.9 Å². The second kappa shape index (κ2) is 8.05. The highest BCUT2D eigenvalue weighted by atomic mass is 16.5. The monoisotopic (exact) mass is 374 g/mol. The summed E-state index contributed by atoms with van der Waals surface area (Å²) in [5.41, 5.74) is 5.16. The third-order valence-electron chi connectivity index (χ3n) is 4.62. The largest absolute Gasteiger partial charge is 0.359 e. The van der Waals surface area contributed by atoms with Gasteiger partial charge in [0.25, 0.3) is 5.91 Å². The van der Waals surface area contributed by atoms with Gasteiger partial charge in [0.2, 0.25) is 0 Å². The molecule has 0 aliphatic carbocycles. The van der Waals surface area contributed by atoms with Gasteiger partial charge in [-0.1, -0.05) is 24.2 Å². The predicted molar refractivity (Wildman–Crippen MR) is 106 cm³/mol. The molecular formula is C22H22N4O2. The number of aromatic nitrogens is 2. The zero-order valence-electron chi connectivity index (χ0n) is 16.5. The van der Waals surface area contributed by atoms with Crippen LogP contribution in [-0.4, -0.2) is 28.0 Å². The van der Waals surface area contributed by atoms with E-state index in [9.17, 15) is 10.1 Å². The van der Waals surface area contributed by atoms with Crippen LogP contribution in [0.25, 0.3) is 11.3 Å². The molecule has 2 heterocycles. The van der Waals surface area contributed by atoms with Gasteiger partial charge < -0.3 is 9.42 Å². The fraction of sp³-hybridized carbons (Fsp3) is 0.273. The van der Waals surface area contributed by atoms with Crippen molar-refractivity contribution in [3.63, 3.8) is 0 Å². The van der Waals surface area contributed by atoms with E-state index in [1.165, 1.54) is 0 Å². The number of carbonyl (C=O) groups is 1. The Morgan fingerprint density at radius 3 is 2.68 bits per heavy atom. The van der Waals surface area contributed by atoms with Crippen LogP contribution in [-0.2, 0) is 13.0 Å². The molecule has 1 aromatic carbocycles. The van der Waals surface area contributed by atoms with E-state index in [-0.39, 0.29) is 5.91 Å². The second-order valence-electron chi connectivity index (χ2n) is 6.78. The molecule has 0 aliphatic rings. The van der Waals surface area contributed by atoms with E-state index in [1.54, 1.807) is 18.0 Å². The molecule has 0 aliphatic heterocycles. The Bertz CT molecular complexity index is 1040. The first kappa shape index (κ1) is 19.3. The van der Waals surface area contributed by atoms with Crippen LogP contribution in [0.4, 0.5) is 0 Å². The van der Waals surface area contributed by atoms with Crippen molar-refractivity contribution < 1.29 is 9.32 Å². The SMILES string of the molecule is CCc1cc(CN(C)C(=O)c2cccc(-c3cc(C)c(C#N)c(C)n3)c2)on1. The van der Waals surface area contributed by atoms with Crippen LogP contribution in [0.15, 0.2) is 40.9 Å². The van der Waals surface area contributed by atoms with E-state index in [1.807, 2.05) is 51.1 Å². The van der Waals surface area contributed by atoms with Crippen LogP contribution in [0.3, 0.4) is 0 Å². The van der Waals surface area contributed by atoms with Crippen molar-refractivity contribution in [3.05, 3.63) is 70.2 Å². The number of rotatable bonds is 5. The lowest BCUT2D eigenvalue weighted by Crippen LogP contribution is -2.26. The summed E-state index contributed by atoms with van der Waals surface area (Å²) in [6.07, 6.45) is 0.791. The Morgan fingerprint density at radius 1 is 1.25 bits per heavy atom. The predicted octanol–water partition coefficient (Wildman–Crippen LogP) is 4.06. The van der Waals surface area contributed by atoms with Gasteiger partial charge in [-0.25, -0.2) is 0 Å². The second-order valence-corrected chi connectivity index (χ2v) is 6.78. The Kier molecular flexibility index (Phi) is 5.55. The minimum atomic E-state index is -0.113. The van der Waals surface area contributed by atoms with Crippen LogP contribution < -0.4 is 0 Å². The molecule has 3 aromatic rings. The molecule has 0 fully saturated rings. The number of nitrogens with zero attached hydrogens (tertiary/aromatic N) is 4. The summed E-state index contributed by atoms with van der Waals surface area (Å²) in [4.78, 5) is 19.0. The Hall–Kier alpha value is -3.46. The lowest BCUT2D eigenvalue weighted by molar-refractivity contribution is 0.0772. The van der Waals surface area contributed by atoms with Gasteiger partial charge in [0.05, 0.1) is 29.2 Å². The van der Waals surface area contributed by atoms with Gasteiger partial charge in [-0.2, -0.15) is 5.26 Å². The van der Waals surface area contributed by atoms with Crippen molar-refractivity contribution >= 4 is 5.91 Å². The van der Waals surface area contributed by atoms with Gasteiger partial charge in [0.1, 0.15) is 6.07 Å². The van der Waals surface area contributed by atoms with Crippen LogP contribution in [0.1, 0.15) is 45.6 Å². The van der Waals surface area contributed by atoms with Crippen LogP contribution in [0, 0.1) is 25.2 Å². The summed E-state index contributed by atoms with van der Waals surface area (Å²) < 4.78 is 5.27. The normalized spacial score (nSPS) is 10.5. The maximum Gasteiger partial charge on any atom is 0.254 e. The van der Waals surface area contributed by atoms with E-state index in [4.69, 9.17) is 4.52 Å². The van der Waals surface area contributed by atoms with E-state index in [2.05, 4.69) is 16.2 Å². The molecule has 0 radical (unpaired) electrons. The number of nitriles is 1. The number of pyridine rings is 1. The average molecular weight is 374 g/mol. The molecule has 0 unspecified atom stereocenters. The number of carbonyl (C=O) groups excluding carboxylic acids is 1. The van der Waals surface area contributed by atoms with Gasteiger partial charge in [0.15, 0.2) is 5.76 Å². The standard InChI is InChI=1S/C22H22N4O2/c1-5-18-11-19(28-25-18)13-26(4)22(27)17-8-6-7-16(10-17)21-9-14(2)20(12-23)15(3)24-21/h6-11H,5,13H2,1-4H3. The summed E-state index contributed by atoms with van der Waals surface area (Å²) in [5, 5.41) is 13.2. The summed E-state index contributed by atoms with van der Waals surface area (Å²) in [6.45, 7) is 6.06. The van der Waals surface area contributed by atoms with Gasteiger partial charge in [-0.05, 0) is 44.0 Å². The van der Waals surface area contributed by atoms with Crippen molar-refractivity contribution in [2.24, 2.45) is 0 Å². The molecule has 1 amide bonds. The molecular weight excluding hydrogens is 352 g/mol. The molecule has 6 nitrogen and oxygen atoms in total. The van der Waals surface area contributed by atoms with Crippen LogP contribution in [0.2, 0.25) is 0 Å². The summed E-state index contributed by atoms with van der Waals surface area (Å²) >= 11 is 0. The number of amides is 1. The Labute approximate surface area is 164 Å². The van der Waals surface area contributed by atoms with Crippen molar-refractivity contribution in [1.29, 1.82) is 5.26 Å². The summed E-state index contributed by atoms with van der Waals surface area (Å²) in [7, 11) is 1.73. The Balaban J connectivity index is 1.84. The first-order valence-electron chi connectivity index (χ1n) is 9.11. The van der Waals surface area contributed by atoms with Crippen molar-refractivity contribution in [3.8, 4) is 17.3 Å². The molecule has 6 heteroatoms. The zero-order chi connectivity index (χ0) is 20.3. The quantitative estimate of drug-likeness (QED) is 0.672. The molecule has 28 heavy (non-hydrogen) atoms. The molecule has 0 spiro atoms. The smallest absolute Gasteiger partial charge is 0.254 e. The summed E-state index contributed by atoms with van der Waals surface area (Å²) in [6, 6.07) is 13.3. The van der Waals surface area contributed by atoms with Gasteiger partial charge in [-0.15, -0.1) is 0 Å². The third-order valence-corrected chi connectivity index (χ3v) is 4.62. The molecule has 2 aromatic heterocycles.